The average molecular weight is 313 g/mol. The van der Waals surface area contributed by atoms with Gasteiger partial charge in [0.25, 0.3) is 0 Å². The summed E-state index contributed by atoms with van der Waals surface area (Å²) >= 11 is 7.67. The van der Waals surface area contributed by atoms with Gasteiger partial charge < -0.3 is 15.2 Å². The normalized spacial score (nSPS) is 12.3. The quantitative estimate of drug-likeness (QED) is 0.824. The zero-order valence-corrected chi connectivity index (χ0v) is 12.7. The molecule has 0 fully saturated rings. The molecule has 0 radical (unpaired) electrons. The van der Waals surface area contributed by atoms with Crippen LogP contribution in [0.2, 0.25) is 5.02 Å². The number of methoxy groups -OCH3 is 1. The number of nitrogens with one attached hydrogen (secondary N) is 1. The molecule has 0 aliphatic rings. The highest BCUT2D eigenvalue weighted by atomic mass is 35.5. The van der Waals surface area contributed by atoms with Crippen LogP contribution >= 0.6 is 22.9 Å². The van der Waals surface area contributed by atoms with Gasteiger partial charge in [-0.2, -0.15) is 0 Å². The highest BCUT2D eigenvalue weighted by molar-refractivity contribution is 7.14. The molecule has 2 aromatic rings. The van der Waals surface area contributed by atoms with Gasteiger partial charge >= 0.3 is 0 Å². The largest absolute Gasteiger partial charge is 0.391 e. The highest BCUT2D eigenvalue weighted by Crippen LogP contribution is 2.30. The van der Waals surface area contributed by atoms with Gasteiger partial charge in [-0.3, -0.25) is 0 Å². The molecule has 0 aliphatic heterocycles. The number of hydrogen-bond acceptors (Lipinski definition) is 5. The van der Waals surface area contributed by atoms with Crippen LogP contribution in [0.25, 0.3) is 11.3 Å². The number of benzene rings is 1. The van der Waals surface area contributed by atoms with Crippen LogP contribution in [0.4, 0.5) is 5.13 Å². The first-order valence-corrected chi connectivity index (χ1v) is 7.57. The van der Waals surface area contributed by atoms with Gasteiger partial charge in [-0.05, 0) is 12.5 Å². The molecule has 0 amide bonds. The molecule has 0 spiro atoms. The van der Waals surface area contributed by atoms with E-state index in [4.69, 9.17) is 16.3 Å². The van der Waals surface area contributed by atoms with Gasteiger partial charge in [-0.1, -0.05) is 29.8 Å². The van der Waals surface area contributed by atoms with Crippen LogP contribution in [0, 0.1) is 0 Å². The summed E-state index contributed by atoms with van der Waals surface area (Å²) in [5, 5.41) is 16.2. The van der Waals surface area contributed by atoms with Gasteiger partial charge in [0.2, 0.25) is 0 Å². The first-order valence-electron chi connectivity index (χ1n) is 6.32. The molecule has 108 valence electrons. The summed E-state index contributed by atoms with van der Waals surface area (Å²) < 4.78 is 4.88. The number of aliphatic hydroxyl groups excluding tert-OH is 1. The summed E-state index contributed by atoms with van der Waals surface area (Å²) in [4.78, 5) is 4.49. The maximum Gasteiger partial charge on any atom is 0.183 e. The van der Waals surface area contributed by atoms with E-state index in [9.17, 15) is 5.11 Å². The zero-order valence-electron chi connectivity index (χ0n) is 11.2. The molecule has 1 unspecified atom stereocenters. The molecule has 20 heavy (non-hydrogen) atoms. The van der Waals surface area contributed by atoms with E-state index in [1.54, 1.807) is 7.11 Å². The average Bonchev–Trinajstić information content (AvgIpc) is 2.88. The second-order valence-electron chi connectivity index (χ2n) is 4.34. The summed E-state index contributed by atoms with van der Waals surface area (Å²) in [5.74, 6) is 0. The Balaban J connectivity index is 1.91. The van der Waals surface area contributed by atoms with E-state index >= 15 is 0 Å². The van der Waals surface area contributed by atoms with E-state index in [0.717, 1.165) is 16.4 Å². The Kier molecular flexibility index (Phi) is 5.79. The van der Waals surface area contributed by atoms with Crippen LogP contribution in [0.5, 0.6) is 0 Å². The van der Waals surface area contributed by atoms with Crippen molar-refractivity contribution >= 4 is 28.1 Å². The van der Waals surface area contributed by atoms with Crippen molar-refractivity contribution in [3.8, 4) is 11.3 Å². The number of hydrogen-bond donors (Lipinski definition) is 2. The molecule has 2 N–H and O–H groups in total. The lowest BCUT2D eigenvalue weighted by molar-refractivity contribution is 0.0615. The maximum atomic E-state index is 9.55. The summed E-state index contributed by atoms with van der Waals surface area (Å²) in [7, 11) is 1.58. The number of thiazole rings is 1. The number of aromatic nitrogens is 1. The maximum absolute atomic E-state index is 9.55. The summed E-state index contributed by atoms with van der Waals surface area (Å²) in [6.45, 7) is 1.00. The fourth-order valence-corrected chi connectivity index (χ4v) is 2.74. The minimum atomic E-state index is -0.449. The smallest absolute Gasteiger partial charge is 0.183 e. The molecule has 2 rings (SSSR count). The Labute approximate surface area is 127 Å². The molecular formula is C14H17ClN2O2S. The molecule has 0 saturated heterocycles. The molecule has 0 bridgehead atoms. The SMILES string of the molecule is COCC(O)CCNc1nc(-c2ccccc2Cl)cs1. The minimum absolute atomic E-state index is 0.352. The number of nitrogens with zero attached hydrogens (tertiary/aromatic N) is 1. The first kappa shape index (κ1) is 15.3. The van der Waals surface area contributed by atoms with Crippen LogP contribution in [0.3, 0.4) is 0 Å². The minimum Gasteiger partial charge on any atom is -0.391 e. The fraction of sp³-hybridized carbons (Fsp3) is 0.357. The standard InChI is InChI=1S/C14H17ClN2O2S/c1-19-8-10(18)6-7-16-14-17-13(9-20-14)11-4-2-3-5-12(11)15/h2-5,9-10,18H,6-8H2,1H3,(H,16,17). The topological polar surface area (TPSA) is 54.4 Å². The Morgan fingerprint density at radius 3 is 3.00 bits per heavy atom. The number of anilines is 1. The molecule has 0 aliphatic carbocycles. The molecule has 1 atom stereocenters. The second-order valence-corrected chi connectivity index (χ2v) is 5.61. The van der Waals surface area contributed by atoms with Crippen LogP contribution in [0.1, 0.15) is 6.42 Å². The van der Waals surface area contributed by atoms with Gasteiger partial charge in [-0.25, -0.2) is 4.98 Å². The lowest BCUT2D eigenvalue weighted by Crippen LogP contribution is -2.18. The monoisotopic (exact) mass is 312 g/mol. The van der Waals surface area contributed by atoms with Crippen LogP contribution in [0.15, 0.2) is 29.6 Å². The van der Waals surface area contributed by atoms with Crippen molar-refractivity contribution in [1.29, 1.82) is 0 Å². The van der Waals surface area contributed by atoms with Crippen LogP contribution in [-0.2, 0) is 4.74 Å². The number of rotatable bonds is 7. The predicted octanol–water partition coefficient (Wildman–Crippen LogP) is 3.27. The van der Waals surface area contributed by atoms with E-state index in [0.29, 0.717) is 24.6 Å². The molecule has 1 aromatic carbocycles. The third-order valence-corrected chi connectivity index (χ3v) is 3.90. The van der Waals surface area contributed by atoms with Crippen LogP contribution < -0.4 is 5.32 Å². The van der Waals surface area contributed by atoms with E-state index in [1.165, 1.54) is 11.3 Å². The Hall–Kier alpha value is -1.14. The van der Waals surface area contributed by atoms with Crippen molar-refractivity contribution in [3.63, 3.8) is 0 Å². The molecule has 0 saturated carbocycles. The van der Waals surface area contributed by atoms with Gasteiger partial charge in [-0.15, -0.1) is 11.3 Å². The van der Waals surface area contributed by atoms with E-state index in [1.807, 2.05) is 29.6 Å². The zero-order chi connectivity index (χ0) is 14.4. The lowest BCUT2D eigenvalue weighted by atomic mass is 10.2. The fourth-order valence-electron chi connectivity index (χ4n) is 1.77. The molecule has 6 heteroatoms. The van der Waals surface area contributed by atoms with Crippen molar-refractivity contribution < 1.29 is 9.84 Å². The van der Waals surface area contributed by atoms with Gasteiger partial charge in [0.05, 0.1) is 18.4 Å². The van der Waals surface area contributed by atoms with E-state index in [-0.39, 0.29) is 0 Å². The van der Waals surface area contributed by atoms with Crippen molar-refractivity contribution in [2.24, 2.45) is 0 Å². The summed E-state index contributed by atoms with van der Waals surface area (Å²) in [6, 6.07) is 7.64. The number of halogens is 1. The van der Waals surface area contributed by atoms with Gasteiger partial charge in [0.15, 0.2) is 5.13 Å². The Bertz CT molecular complexity index is 547. The summed E-state index contributed by atoms with van der Waals surface area (Å²) in [6.07, 6.45) is 0.171. The van der Waals surface area contributed by atoms with Crippen molar-refractivity contribution in [2.45, 2.75) is 12.5 Å². The van der Waals surface area contributed by atoms with Gasteiger partial charge in [0, 0.05) is 29.6 Å². The lowest BCUT2D eigenvalue weighted by Gasteiger charge is -2.09. The third kappa shape index (κ3) is 4.18. The van der Waals surface area contributed by atoms with Crippen molar-refractivity contribution in [1.82, 2.24) is 4.98 Å². The first-order chi connectivity index (χ1) is 9.70. The molecule has 4 nitrogen and oxygen atoms in total. The van der Waals surface area contributed by atoms with Crippen molar-refractivity contribution in [3.05, 3.63) is 34.7 Å². The van der Waals surface area contributed by atoms with Gasteiger partial charge in [0.1, 0.15) is 0 Å². The Morgan fingerprint density at radius 1 is 1.45 bits per heavy atom. The number of aliphatic hydroxyl groups is 1. The predicted molar refractivity (Wildman–Crippen MR) is 83.5 cm³/mol. The molecule has 1 heterocycles. The molecule has 1 aromatic heterocycles. The van der Waals surface area contributed by atoms with Crippen molar-refractivity contribution in [2.75, 3.05) is 25.6 Å². The summed E-state index contributed by atoms with van der Waals surface area (Å²) in [5.41, 5.74) is 1.79. The Morgan fingerprint density at radius 2 is 2.25 bits per heavy atom. The number of ether oxygens (including phenoxy) is 1. The molecular weight excluding hydrogens is 296 g/mol. The third-order valence-electron chi connectivity index (χ3n) is 2.77. The van der Waals surface area contributed by atoms with E-state index in [2.05, 4.69) is 10.3 Å². The highest BCUT2D eigenvalue weighted by Gasteiger charge is 2.08. The van der Waals surface area contributed by atoms with E-state index < -0.39 is 6.10 Å². The van der Waals surface area contributed by atoms with Crippen LogP contribution in [-0.4, -0.2) is 36.5 Å². The second kappa shape index (κ2) is 7.59.